The van der Waals surface area contributed by atoms with Gasteiger partial charge in [-0.25, -0.2) is 0 Å². The van der Waals surface area contributed by atoms with Crippen molar-refractivity contribution in [1.29, 1.82) is 0 Å². The highest BCUT2D eigenvalue weighted by Gasteiger charge is 2.34. The highest BCUT2D eigenvalue weighted by Crippen LogP contribution is 2.22. The molecule has 0 aromatic heterocycles. The van der Waals surface area contributed by atoms with E-state index in [4.69, 9.17) is 9.47 Å². The van der Waals surface area contributed by atoms with Crippen molar-refractivity contribution in [3.63, 3.8) is 0 Å². The largest absolute Gasteiger partial charge is 0.378 e. The second kappa shape index (κ2) is 4.28. The zero-order valence-electron chi connectivity index (χ0n) is 8.57. The summed E-state index contributed by atoms with van der Waals surface area (Å²) in [5.74, 6) is 0.325. The lowest BCUT2D eigenvalue weighted by molar-refractivity contribution is -0.141. The molecule has 2 rings (SSSR count). The predicted molar refractivity (Wildman–Crippen MR) is 50.9 cm³/mol. The van der Waals surface area contributed by atoms with Crippen molar-refractivity contribution in [2.75, 3.05) is 32.9 Å². The number of nitrogens with zero attached hydrogens (tertiary/aromatic N) is 1. The lowest BCUT2D eigenvalue weighted by Gasteiger charge is -2.29. The van der Waals surface area contributed by atoms with Crippen molar-refractivity contribution in [2.24, 2.45) is 5.92 Å². The zero-order chi connectivity index (χ0) is 9.97. The third-order valence-corrected chi connectivity index (χ3v) is 3.02. The summed E-state index contributed by atoms with van der Waals surface area (Å²) in [6.45, 7) is 5.53. The van der Waals surface area contributed by atoms with Gasteiger partial charge in [-0.3, -0.25) is 4.79 Å². The van der Waals surface area contributed by atoms with Crippen LogP contribution < -0.4 is 0 Å². The normalized spacial score (nSPS) is 33.4. The number of morpholine rings is 1. The Labute approximate surface area is 84.2 Å². The first kappa shape index (κ1) is 9.93. The van der Waals surface area contributed by atoms with Gasteiger partial charge in [0.2, 0.25) is 5.91 Å². The van der Waals surface area contributed by atoms with Crippen molar-refractivity contribution >= 4 is 5.91 Å². The average Bonchev–Trinajstić information content (AvgIpc) is 2.65. The minimum absolute atomic E-state index is 0.0769. The number of amides is 1. The van der Waals surface area contributed by atoms with Crippen molar-refractivity contribution in [2.45, 2.75) is 19.4 Å². The molecule has 1 amide bonds. The molecular weight excluding hydrogens is 182 g/mol. The van der Waals surface area contributed by atoms with E-state index in [1.807, 2.05) is 11.8 Å². The summed E-state index contributed by atoms with van der Waals surface area (Å²) in [7, 11) is 0. The van der Waals surface area contributed by atoms with Crippen LogP contribution in [0.25, 0.3) is 0 Å². The summed E-state index contributed by atoms with van der Waals surface area (Å²) >= 11 is 0. The Morgan fingerprint density at radius 3 is 2.57 bits per heavy atom. The van der Waals surface area contributed by atoms with Crippen LogP contribution in [0.15, 0.2) is 0 Å². The molecule has 14 heavy (non-hydrogen) atoms. The van der Waals surface area contributed by atoms with Crippen LogP contribution in [-0.2, 0) is 14.3 Å². The van der Waals surface area contributed by atoms with Crippen LogP contribution in [-0.4, -0.2) is 49.8 Å². The van der Waals surface area contributed by atoms with Crippen LogP contribution >= 0.6 is 0 Å². The molecule has 0 spiro atoms. The van der Waals surface area contributed by atoms with Crippen LogP contribution in [0.1, 0.15) is 13.3 Å². The maximum Gasteiger partial charge on any atom is 0.228 e. The molecule has 2 aliphatic heterocycles. The van der Waals surface area contributed by atoms with Gasteiger partial charge in [0.1, 0.15) is 0 Å². The molecule has 0 aromatic rings. The maximum absolute atomic E-state index is 12.0. The first-order valence-corrected chi connectivity index (χ1v) is 5.27. The number of hydrogen-bond donors (Lipinski definition) is 0. The molecule has 2 unspecified atom stereocenters. The highest BCUT2D eigenvalue weighted by molar-refractivity contribution is 5.79. The highest BCUT2D eigenvalue weighted by atomic mass is 16.5. The molecule has 4 heteroatoms. The van der Waals surface area contributed by atoms with Crippen molar-refractivity contribution in [1.82, 2.24) is 4.90 Å². The molecule has 0 bridgehead atoms. The van der Waals surface area contributed by atoms with Crippen LogP contribution in [0.5, 0.6) is 0 Å². The Kier molecular flexibility index (Phi) is 3.03. The summed E-state index contributed by atoms with van der Waals surface area (Å²) < 4.78 is 10.6. The molecule has 2 saturated heterocycles. The number of hydrogen-bond acceptors (Lipinski definition) is 3. The van der Waals surface area contributed by atoms with Gasteiger partial charge in [0.15, 0.2) is 0 Å². The van der Waals surface area contributed by atoms with Crippen LogP contribution in [0.3, 0.4) is 0 Å². The topological polar surface area (TPSA) is 38.8 Å². The maximum atomic E-state index is 12.0. The molecule has 2 fully saturated rings. The molecule has 2 atom stereocenters. The summed E-state index contributed by atoms with van der Waals surface area (Å²) in [4.78, 5) is 13.9. The quantitative estimate of drug-likeness (QED) is 0.608. The van der Waals surface area contributed by atoms with Crippen molar-refractivity contribution < 1.29 is 14.3 Å². The van der Waals surface area contributed by atoms with Crippen molar-refractivity contribution in [3.05, 3.63) is 0 Å². The second-order valence-corrected chi connectivity index (χ2v) is 3.91. The smallest absolute Gasteiger partial charge is 0.228 e. The van der Waals surface area contributed by atoms with Gasteiger partial charge in [0.05, 0.1) is 25.2 Å². The zero-order valence-corrected chi connectivity index (χ0v) is 8.57. The molecule has 80 valence electrons. The number of carbonyl (C=O) groups is 1. The molecule has 2 heterocycles. The van der Waals surface area contributed by atoms with E-state index < -0.39 is 0 Å². The van der Waals surface area contributed by atoms with Gasteiger partial charge in [-0.15, -0.1) is 0 Å². The Hall–Kier alpha value is -0.610. The third kappa shape index (κ3) is 1.91. The minimum Gasteiger partial charge on any atom is -0.378 e. The van der Waals surface area contributed by atoms with Gasteiger partial charge < -0.3 is 14.4 Å². The van der Waals surface area contributed by atoms with E-state index in [-0.39, 0.29) is 17.9 Å². The van der Waals surface area contributed by atoms with Crippen LogP contribution in [0.4, 0.5) is 0 Å². The lowest BCUT2D eigenvalue weighted by atomic mass is 10.0. The monoisotopic (exact) mass is 199 g/mol. The fourth-order valence-corrected chi connectivity index (χ4v) is 2.07. The summed E-state index contributed by atoms with van der Waals surface area (Å²) in [5.41, 5.74) is 0. The van der Waals surface area contributed by atoms with Crippen LogP contribution in [0, 0.1) is 5.92 Å². The van der Waals surface area contributed by atoms with Gasteiger partial charge in [-0.2, -0.15) is 0 Å². The minimum atomic E-state index is 0.0769. The number of ether oxygens (including phenoxy) is 2. The van der Waals surface area contributed by atoms with Gasteiger partial charge >= 0.3 is 0 Å². The van der Waals surface area contributed by atoms with Gasteiger partial charge in [0.25, 0.3) is 0 Å². The molecule has 0 aromatic carbocycles. The Morgan fingerprint density at radius 1 is 1.29 bits per heavy atom. The number of carbonyl (C=O) groups excluding carboxylic acids is 1. The molecule has 2 aliphatic rings. The summed E-state index contributed by atoms with van der Waals surface area (Å²) in [6.07, 6.45) is 0.961. The fourth-order valence-electron chi connectivity index (χ4n) is 2.07. The molecule has 4 nitrogen and oxygen atoms in total. The van der Waals surface area contributed by atoms with Gasteiger partial charge in [-0.1, -0.05) is 0 Å². The van der Waals surface area contributed by atoms with Gasteiger partial charge in [-0.05, 0) is 13.3 Å². The fraction of sp³-hybridized carbons (Fsp3) is 0.900. The van der Waals surface area contributed by atoms with E-state index in [9.17, 15) is 4.79 Å². The first-order valence-electron chi connectivity index (χ1n) is 5.27. The van der Waals surface area contributed by atoms with E-state index in [0.29, 0.717) is 13.2 Å². The predicted octanol–water partition coefficient (Wildman–Crippen LogP) is 0.270. The van der Waals surface area contributed by atoms with E-state index in [2.05, 4.69) is 0 Å². The standard InChI is InChI=1S/C10H17NO3/c1-8-9(2-5-14-8)10(12)11-3-6-13-7-4-11/h8-9H,2-7H2,1H3. The molecule has 0 radical (unpaired) electrons. The Morgan fingerprint density at radius 2 is 2.00 bits per heavy atom. The van der Waals surface area contributed by atoms with E-state index in [0.717, 1.165) is 26.1 Å². The second-order valence-electron chi connectivity index (χ2n) is 3.91. The Balaban J connectivity index is 1.92. The summed E-state index contributed by atoms with van der Waals surface area (Å²) in [5, 5.41) is 0. The lowest BCUT2D eigenvalue weighted by Crippen LogP contribution is -2.45. The van der Waals surface area contributed by atoms with Crippen molar-refractivity contribution in [3.8, 4) is 0 Å². The molecule has 0 aliphatic carbocycles. The van der Waals surface area contributed by atoms with E-state index >= 15 is 0 Å². The van der Waals surface area contributed by atoms with E-state index in [1.165, 1.54) is 0 Å². The summed E-state index contributed by atoms with van der Waals surface area (Å²) in [6, 6.07) is 0. The third-order valence-electron chi connectivity index (χ3n) is 3.02. The molecular formula is C10H17NO3. The Bertz CT molecular complexity index is 213. The van der Waals surface area contributed by atoms with E-state index in [1.54, 1.807) is 0 Å². The van der Waals surface area contributed by atoms with Crippen LogP contribution in [0.2, 0.25) is 0 Å². The molecule has 0 saturated carbocycles. The SMILES string of the molecule is CC1OCCC1C(=O)N1CCOCC1. The average molecular weight is 199 g/mol. The van der Waals surface area contributed by atoms with Gasteiger partial charge in [0, 0.05) is 19.7 Å². The molecule has 0 N–H and O–H groups in total. The first-order chi connectivity index (χ1) is 6.79. The number of rotatable bonds is 1.